The summed E-state index contributed by atoms with van der Waals surface area (Å²) >= 11 is 0. The van der Waals surface area contributed by atoms with Crippen LogP contribution in [0.1, 0.15) is 131 Å². The third-order valence-electron chi connectivity index (χ3n) is 13.3. The van der Waals surface area contributed by atoms with E-state index >= 15 is 0 Å². The summed E-state index contributed by atoms with van der Waals surface area (Å²) in [5.74, 6) is 2.50. The molecule has 2 aromatic carbocycles. The fraction of sp³-hybridized carbons (Fsp3) is 0.636. The Morgan fingerprint density at radius 3 is 2.00 bits per heavy atom. The number of ketones is 4. The third-order valence-corrected chi connectivity index (χ3v) is 13.3. The molecule has 3 fully saturated rings. The van der Waals surface area contributed by atoms with E-state index in [0.717, 1.165) is 75.2 Å². The summed E-state index contributed by atoms with van der Waals surface area (Å²) in [6, 6.07) is 14.5. The molecule has 0 saturated heterocycles. The highest BCUT2D eigenvalue weighted by Crippen LogP contribution is 2.45. The minimum atomic E-state index is -0.962. The molecule has 258 valence electrons. The predicted molar refractivity (Wildman–Crippen MR) is 192 cm³/mol. The number of hydrogen-bond donors (Lipinski definition) is 0. The monoisotopic (exact) mass is 650 g/mol. The summed E-state index contributed by atoms with van der Waals surface area (Å²) in [4.78, 5) is 55.3. The van der Waals surface area contributed by atoms with Crippen LogP contribution in [0.2, 0.25) is 0 Å². The standard InChI is InChI=1S/C44H58O4/c1-29-13-14-31(23-30(29)2)24-39(45)27-44(3,43(48)36-21-15-33(16-22-36)32-9-5-4-6-10-32)28-42(47)35-19-17-34(18-20-35)40-25-37-11-7-8-12-38(37)26-41(40)46/h7-8,11-14,23,32-36,40H,4-6,9-10,15-22,24-28H2,1-3H3. The fourth-order valence-electron chi connectivity index (χ4n) is 10.2. The Bertz CT molecular complexity index is 1480. The summed E-state index contributed by atoms with van der Waals surface area (Å²) in [7, 11) is 0. The molecule has 2 unspecified atom stereocenters. The summed E-state index contributed by atoms with van der Waals surface area (Å²) in [6.07, 6.45) is 16.0. The van der Waals surface area contributed by atoms with Gasteiger partial charge in [-0.25, -0.2) is 0 Å². The first-order valence-corrected chi connectivity index (χ1v) is 19.3. The molecule has 0 bridgehead atoms. The van der Waals surface area contributed by atoms with E-state index in [-0.39, 0.29) is 47.9 Å². The molecule has 0 amide bonds. The minimum Gasteiger partial charge on any atom is -0.299 e. The molecule has 0 radical (unpaired) electrons. The number of Topliss-reactive ketones (excluding diaryl/α,β-unsaturated/α-hetero) is 4. The lowest BCUT2D eigenvalue weighted by molar-refractivity contribution is -0.142. The first-order valence-electron chi connectivity index (χ1n) is 19.3. The first-order chi connectivity index (χ1) is 23.1. The van der Waals surface area contributed by atoms with Crippen LogP contribution in [0.4, 0.5) is 0 Å². The maximum atomic E-state index is 14.5. The second-order valence-electron chi connectivity index (χ2n) is 16.7. The van der Waals surface area contributed by atoms with Gasteiger partial charge in [0.2, 0.25) is 0 Å². The van der Waals surface area contributed by atoms with Crippen molar-refractivity contribution in [3.05, 3.63) is 70.3 Å². The summed E-state index contributed by atoms with van der Waals surface area (Å²) in [6.45, 7) is 6.07. The molecule has 0 heterocycles. The molecule has 0 spiro atoms. The largest absolute Gasteiger partial charge is 0.299 e. The highest BCUT2D eigenvalue weighted by Gasteiger charge is 2.44. The second-order valence-corrected chi connectivity index (χ2v) is 16.7. The number of carbonyl (C=O) groups excluding carboxylic acids is 4. The molecule has 4 heteroatoms. The molecule has 2 atom stereocenters. The molecule has 4 nitrogen and oxygen atoms in total. The van der Waals surface area contributed by atoms with Crippen molar-refractivity contribution in [1.82, 2.24) is 0 Å². The zero-order valence-electron chi connectivity index (χ0n) is 29.9. The van der Waals surface area contributed by atoms with Crippen LogP contribution in [0.15, 0.2) is 42.5 Å². The zero-order chi connectivity index (χ0) is 33.8. The van der Waals surface area contributed by atoms with Gasteiger partial charge in [0.1, 0.15) is 23.1 Å². The van der Waals surface area contributed by atoms with Crippen molar-refractivity contribution >= 4 is 23.1 Å². The number of aryl methyl sites for hydroxylation is 2. The quantitative estimate of drug-likeness (QED) is 0.243. The van der Waals surface area contributed by atoms with E-state index in [1.54, 1.807) is 0 Å². The van der Waals surface area contributed by atoms with Crippen LogP contribution in [0.25, 0.3) is 0 Å². The van der Waals surface area contributed by atoms with Crippen LogP contribution in [0.5, 0.6) is 0 Å². The Labute approximate surface area is 289 Å². The van der Waals surface area contributed by atoms with Crippen LogP contribution in [0, 0.1) is 54.8 Å². The highest BCUT2D eigenvalue weighted by molar-refractivity contribution is 5.97. The average Bonchev–Trinajstić information content (AvgIpc) is 3.09. The Kier molecular flexibility index (Phi) is 11.2. The van der Waals surface area contributed by atoms with Gasteiger partial charge in [-0.2, -0.15) is 0 Å². The van der Waals surface area contributed by atoms with E-state index in [1.165, 1.54) is 54.4 Å². The zero-order valence-corrected chi connectivity index (χ0v) is 29.9. The molecule has 48 heavy (non-hydrogen) atoms. The van der Waals surface area contributed by atoms with E-state index in [4.69, 9.17) is 0 Å². The van der Waals surface area contributed by atoms with Gasteiger partial charge < -0.3 is 0 Å². The molecule has 0 aromatic heterocycles. The lowest BCUT2D eigenvalue weighted by Gasteiger charge is -2.39. The molecule has 4 aliphatic carbocycles. The Morgan fingerprint density at radius 2 is 1.31 bits per heavy atom. The maximum absolute atomic E-state index is 14.5. The summed E-state index contributed by atoms with van der Waals surface area (Å²) in [5.41, 5.74) is 4.85. The minimum absolute atomic E-state index is 0.0482. The van der Waals surface area contributed by atoms with E-state index in [0.29, 0.717) is 24.5 Å². The number of carbonyl (C=O) groups is 4. The molecule has 3 saturated carbocycles. The van der Waals surface area contributed by atoms with Gasteiger partial charge in [-0.1, -0.05) is 81.5 Å². The van der Waals surface area contributed by atoms with Gasteiger partial charge in [-0.05, 0) is 117 Å². The van der Waals surface area contributed by atoms with Crippen LogP contribution >= 0.6 is 0 Å². The lowest BCUT2D eigenvalue weighted by Crippen LogP contribution is -2.41. The molecule has 2 aromatic rings. The Morgan fingerprint density at radius 1 is 0.688 bits per heavy atom. The van der Waals surface area contributed by atoms with Crippen molar-refractivity contribution in [1.29, 1.82) is 0 Å². The van der Waals surface area contributed by atoms with Crippen molar-refractivity contribution in [2.24, 2.45) is 40.9 Å². The molecular weight excluding hydrogens is 592 g/mol. The van der Waals surface area contributed by atoms with E-state index in [2.05, 4.69) is 44.2 Å². The molecule has 0 N–H and O–H groups in total. The van der Waals surface area contributed by atoms with E-state index in [9.17, 15) is 19.2 Å². The number of rotatable bonds is 11. The maximum Gasteiger partial charge on any atom is 0.142 e. The van der Waals surface area contributed by atoms with Gasteiger partial charge in [0.25, 0.3) is 0 Å². The van der Waals surface area contributed by atoms with Crippen molar-refractivity contribution in [3.63, 3.8) is 0 Å². The predicted octanol–water partition coefficient (Wildman–Crippen LogP) is 9.52. The van der Waals surface area contributed by atoms with Crippen molar-refractivity contribution in [2.45, 2.75) is 136 Å². The van der Waals surface area contributed by atoms with E-state index < -0.39 is 5.41 Å². The number of hydrogen-bond acceptors (Lipinski definition) is 4. The van der Waals surface area contributed by atoms with Crippen LogP contribution < -0.4 is 0 Å². The highest BCUT2D eigenvalue weighted by atomic mass is 16.1. The van der Waals surface area contributed by atoms with Crippen LogP contribution in [0.3, 0.4) is 0 Å². The van der Waals surface area contributed by atoms with Gasteiger partial charge in [0.05, 0.1) is 0 Å². The van der Waals surface area contributed by atoms with Gasteiger partial charge in [-0.15, -0.1) is 0 Å². The molecule has 6 rings (SSSR count). The fourth-order valence-corrected chi connectivity index (χ4v) is 10.2. The van der Waals surface area contributed by atoms with Gasteiger partial charge in [0, 0.05) is 48.9 Å². The van der Waals surface area contributed by atoms with Crippen molar-refractivity contribution in [3.8, 4) is 0 Å². The average molecular weight is 651 g/mol. The first kappa shape index (κ1) is 35.0. The topological polar surface area (TPSA) is 68.3 Å². The van der Waals surface area contributed by atoms with Crippen LogP contribution in [-0.2, 0) is 38.4 Å². The van der Waals surface area contributed by atoms with Gasteiger partial charge in [0.15, 0.2) is 0 Å². The Hall–Kier alpha value is -2.88. The smallest absolute Gasteiger partial charge is 0.142 e. The number of fused-ring (bicyclic) bond motifs is 1. The van der Waals surface area contributed by atoms with Crippen molar-refractivity contribution in [2.75, 3.05) is 0 Å². The lowest BCUT2D eigenvalue weighted by atomic mass is 9.64. The molecular formula is C44H58O4. The Balaban J connectivity index is 1.11. The summed E-state index contributed by atoms with van der Waals surface area (Å²) < 4.78 is 0. The van der Waals surface area contributed by atoms with E-state index in [1.807, 2.05) is 19.1 Å². The molecule has 4 aliphatic rings. The van der Waals surface area contributed by atoms with Crippen molar-refractivity contribution < 1.29 is 19.2 Å². The second kappa shape index (κ2) is 15.3. The number of benzene rings is 2. The van der Waals surface area contributed by atoms with Gasteiger partial charge in [-0.3, -0.25) is 19.2 Å². The third kappa shape index (κ3) is 8.11. The van der Waals surface area contributed by atoms with Gasteiger partial charge >= 0.3 is 0 Å². The SMILES string of the molecule is Cc1ccc(CC(=O)CC(C)(CC(=O)C2CCC(C3Cc4ccccc4CC3=O)CC2)C(=O)C2CCC(C3CCCCC3)CC2)cc1C. The summed E-state index contributed by atoms with van der Waals surface area (Å²) in [5, 5.41) is 0. The molecule has 0 aliphatic heterocycles. The van der Waals surface area contributed by atoms with Crippen LogP contribution in [-0.4, -0.2) is 23.1 Å². The normalized spacial score (nSPS) is 27.9.